The van der Waals surface area contributed by atoms with Gasteiger partial charge in [-0.15, -0.1) is 0 Å². The molecule has 1 aromatic carbocycles. The molecule has 2 amide bonds. The molecule has 0 spiro atoms. The van der Waals surface area contributed by atoms with Gasteiger partial charge in [-0.1, -0.05) is 17.9 Å². The Kier molecular flexibility index (Phi) is 4.61. The Hall–Kier alpha value is -2.32. The van der Waals surface area contributed by atoms with E-state index in [1.165, 1.54) is 0 Å². The Balaban J connectivity index is 2.36. The first-order valence-electron chi connectivity index (χ1n) is 6.83. The van der Waals surface area contributed by atoms with Gasteiger partial charge in [0.1, 0.15) is 12.6 Å². The molecule has 5 nitrogen and oxygen atoms in total. The summed E-state index contributed by atoms with van der Waals surface area (Å²) in [7, 11) is 0. The third-order valence-electron chi connectivity index (χ3n) is 3.47. The molecule has 0 bridgehead atoms. The highest BCUT2D eigenvalue weighted by Crippen LogP contribution is 2.16. The highest BCUT2D eigenvalue weighted by atomic mass is 16.2. The molecule has 5 heteroatoms. The fourth-order valence-corrected chi connectivity index (χ4v) is 2.30. The van der Waals surface area contributed by atoms with E-state index in [2.05, 4.69) is 17.2 Å². The van der Waals surface area contributed by atoms with E-state index in [0.29, 0.717) is 24.2 Å². The monoisotopic (exact) mass is 286 g/mol. The zero-order chi connectivity index (χ0) is 15.4. The molecule has 0 aromatic heterocycles. The lowest BCUT2D eigenvalue weighted by molar-refractivity contribution is -0.127. The van der Waals surface area contributed by atoms with Crippen LogP contribution in [0.5, 0.6) is 0 Å². The van der Waals surface area contributed by atoms with Crippen molar-refractivity contribution in [3.05, 3.63) is 34.9 Å². The number of aliphatic hydroxyl groups is 1. The summed E-state index contributed by atoms with van der Waals surface area (Å²) in [5, 5.41) is 11.6. The van der Waals surface area contributed by atoms with Crippen LogP contribution >= 0.6 is 0 Å². The first-order chi connectivity index (χ1) is 10.0. The van der Waals surface area contributed by atoms with E-state index in [4.69, 9.17) is 5.11 Å². The fourth-order valence-electron chi connectivity index (χ4n) is 2.30. The summed E-state index contributed by atoms with van der Waals surface area (Å²) < 4.78 is 0. The first-order valence-corrected chi connectivity index (χ1v) is 6.83. The normalized spacial score (nSPS) is 17.8. The smallest absolute Gasteiger partial charge is 0.255 e. The van der Waals surface area contributed by atoms with Crippen molar-refractivity contribution in [2.24, 2.45) is 0 Å². The van der Waals surface area contributed by atoms with Gasteiger partial charge in [0.05, 0.1) is 5.56 Å². The summed E-state index contributed by atoms with van der Waals surface area (Å²) in [5.74, 6) is 5.01. The van der Waals surface area contributed by atoms with Crippen LogP contribution in [0.25, 0.3) is 0 Å². The Morgan fingerprint density at radius 2 is 2.29 bits per heavy atom. The van der Waals surface area contributed by atoms with Crippen molar-refractivity contribution in [2.45, 2.75) is 19.9 Å². The van der Waals surface area contributed by atoms with Crippen LogP contribution in [0, 0.1) is 18.8 Å². The molecule has 1 aromatic rings. The summed E-state index contributed by atoms with van der Waals surface area (Å²) in [4.78, 5) is 25.9. The minimum absolute atomic E-state index is 0.148. The van der Waals surface area contributed by atoms with E-state index < -0.39 is 6.04 Å². The number of benzene rings is 1. The van der Waals surface area contributed by atoms with Crippen LogP contribution in [0.15, 0.2) is 18.2 Å². The third-order valence-corrected chi connectivity index (χ3v) is 3.47. The second kappa shape index (κ2) is 6.42. The molecule has 1 heterocycles. The van der Waals surface area contributed by atoms with Crippen molar-refractivity contribution >= 4 is 11.8 Å². The lowest BCUT2D eigenvalue weighted by Crippen LogP contribution is -2.55. The zero-order valence-corrected chi connectivity index (χ0v) is 12.1. The van der Waals surface area contributed by atoms with Gasteiger partial charge in [-0.05, 0) is 31.5 Å². The molecular weight excluding hydrogens is 268 g/mol. The molecule has 1 aliphatic heterocycles. The number of rotatable bonds is 1. The molecule has 1 aliphatic rings. The first kappa shape index (κ1) is 15.1. The fraction of sp³-hybridized carbons (Fsp3) is 0.375. The summed E-state index contributed by atoms with van der Waals surface area (Å²) in [6.07, 6.45) is 0. The van der Waals surface area contributed by atoms with E-state index >= 15 is 0 Å². The van der Waals surface area contributed by atoms with Gasteiger partial charge < -0.3 is 15.3 Å². The summed E-state index contributed by atoms with van der Waals surface area (Å²) in [6, 6.07) is 4.88. The predicted molar refractivity (Wildman–Crippen MR) is 78.7 cm³/mol. The summed E-state index contributed by atoms with van der Waals surface area (Å²) in [5.41, 5.74) is 2.02. The SMILES string of the molecule is Cc1ccc(C(=O)N2CCNC(=O)C2C)c(C#CCO)c1. The lowest BCUT2D eigenvalue weighted by atomic mass is 10.0. The topological polar surface area (TPSA) is 69.6 Å². The van der Waals surface area contributed by atoms with Crippen molar-refractivity contribution in [1.82, 2.24) is 10.2 Å². The van der Waals surface area contributed by atoms with Crippen molar-refractivity contribution in [1.29, 1.82) is 0 Å². The second-order valence-electron chi connectivity index (χ2n) is 4.97. The second-order valence-corrected chi connectivity index (χ2v) is 4.97. The number of hydrogen-bond donors (Lipinski definition) is 2. The van der Waals surface area contributed by atoms with E-state index in [1.54, 1.807) is 17.9 Å². The molecule has 1 unspecified atom stereocenters. The molecular formula is C16H18N2O3. The maximum atomic E-state index is 12.7. The Morgan fingerprint density at radius 3 is 3.00 bits per heavy atom. The van der Waals surface area contributed by atoms with Gasteiger partial charge in [-0.3, -0.25) is 9.59 Å². The molecule has 2 rings (SSSR count). The number of nitrogens with one attached hydrogen (secondary N) is 1. The van der Waals surface area contributed by atoms with Gasteiger partial charge >= 0.3 is 0 Å². The van der Waals surface area contributed by atoms with Crippen LogP contribution in [-0.4, -0.2) is 47.6 Å². The average Bonchev–Trinajstić information content (AvgIpc) is 2.47. The number of aliphatic hydroxyl groups excluding tert-OH is 1. The maximum absolute atomic E-state index is 12.7. The quantitative estimate of drug-likeness (QED) is 0.730. The van der Waals surface area contributed by atoms with Crippen LogP contribution in [-0.2, 0) is 4.79 Å². The molecule has 0 radical (unpaired) electrons. The van der Waals surface area contributed by atoms with Crippen molar-refractivity contribution < 1.29 is 14.7 Å². The van der Waals surface area contributed by atoms with Crippen LogP contribution in [0.1, 0.15) is 28.4 Å². The minimum Gasteiger partial charge on any atom is -0.384 e. The third kappa shape index (κ3) is 3.23. The summed E-state index contributed by atoms with van der Waals surface area (Å²) >= 11 is 0. The van der Waals surface area contributed by atoms with Crippen LogP contribution in [0.3, 0.4) is 0 Å². The number of piperazine rings is 1. The largest absolute Gasteiger partial charge is 0.384 e. The number of amides is 2. The summed E-state index contributed by atoms with van der Waals surface area (Å²) in [6.45, 7) is 4.30. The van der Waals surface area contributed by atoms with Gasteiger partial charge in [0, 0.05) is 18.7 Å². The molecule has 0 aliphatic carbocycles. The van der Waals surface area contributed by atoms with E-state index in [1.807, 2.05) is 19.1 Å². The van der Waals surface area contributed by atoms with Crippen molar-refractivity contribution in [2.75, 3.05) is 19.7 Å². The minimum atomic E-state index is -0.494. The van der Waals surface area contributed by atoms with Crippen molar-refractivity contribution in [3.8, 4) is 11.8 Å². The van der Waals surface area contributed by atoms with E-state index in [9.17, 15) is 9.59 Å². The number of carbonyl (C=O) groups excluding carboxylic acids is 2. The highest BCUT2D eigenvalue weighted by Gasteiger charge is 2.30. The molecule has 1 saturated heterocycles. The molecule has 1 fully saturated rings. The molecule has 1 atom stereocenters. The standard InChI is InChI=1S/C16H18N2O3/c1-11-5-6-14(13(10-11)4-3-9-19)16(21)18-8-7-17-15(20)12(18)2/h5-6,10,12,19H,7-9H2,1-2H3,(H,17,20). The zero-order valence-electron chi connectivity index (χ0n) is 12.1. The van der Waals surface area contributed by atoms with Gasteiger partial charge in [-0.25, -0.2) is 0 Å². The van der Waals surface area contributed by atoms with Gasteiger partial charge in [0.25, 0.3) is 5.91 Å². The molecule has 2 N–H and O–H groups in total. The van der Waals surface area contributed by atoms with Crippen LogP contribution in [0.4, 0.5) is 0 Å². The Labute approximate surface area is 124 Å². The highest BCUT2D eigenvalue weighted by molar-refractivity contribution is 6.00. The van der Waals surface area contributed by atoms with Gasteiger partial charge in [0.2, 0.25) is 5.91 Å². The molecule has 0 saturated carbocycles. The van der Waals surface area contributed by atoms with E-state index in [0.717, 1.165) is 5.56 Å². The Bertz CT molecular complexity index is 628. The molecule has 110 valence electrons. The van der Waals surface area contributed by atoms with E-state index in [-0.39, 0.29) is 18.4 Å². The van der Waals surface area contributed by atoms with Gasteiger partial charge in [-0.2, -0.15) is 0 Å². The van der Waals surface area contributed by atoms with Gasteiger partial charge in [0.15, 0.2) is 0 Å². The lowest BCUT2D eigenvalue weighted by Gasteiger charge is -2.33. The number of nitrogens with zero attached hydrogens (tertiary/aromatic N) is 1. The number of hydrogen-bond acceptors (Lipinski definition) is 3. The van der Waals surface area contributed by atoms with Crippen molar-refractivity contribution in [3.63, 3.8) is 0 Å². The molecule has 21 heavy (non-hydrogen) atoms. The Morgan fingerprint density at radius 1 is 1.52 bits per heavy atom. The predicted octanol–water partition coefficient (Wildman–Crippen LogP) is 0.299. The number of carbonyl (C=O) groups is 2. The maximum Gasteiger partial charge on any atom is 0.255 e. The van der Waals surface area contributed by atoms with Crippen LogP contribution in [0.2, 0.25) is 0 Å². The average molecular weight is 286 g/mol. The number of aryl methyl sites for hydroxylation is 1. The van der Waals surface area contributed by atoms with Crippen LogP contribution < -0.4 is 5.32 Å².